The predicted molar refractivity (Wildman–Crippen MR) is 61.1 cm³/mol. The quantitative estimate of drug-likeness (QED) is 0.784. The van der Waals surface area contributed by atoms with E-state index >= 15 is 0 Å². The first kappa shape index (κ1) is 10.2. The van der Waals surface area contributed by atoms with Crippen molar-refractivity contribution in [3.63, 3.8) is 0 Å². The fourth-order valence-corrected chi connectivity index (χ4v) is 1.81. The van der Waals surface area contributed by atoms with Crippen LogP contribution in [0.25, 0.3) is 5.52 Å². The number of aromatic nitrogens is 1. The molecule has 0 aliphatic rings. The highest BCUT2D eigenvalue weighted by Gasteiger charge is 2.11. The molecule has 0 saturated carbocycles. The van der Waals surface area contributed by atoms with E-state index in [0.717, 1.165) is 9.99 Å². The molecule has 0 unspecified atom stereocenters. The lowest BCUT2D eigenvalue weighted by Crippen LogP contribution is -2.07. The topological polar surface area (TPSA) is 30.7 Å². The summed E-state index contributed by atoms with van der Waals surface area (Å²) in [5.41, 5.74) is 1.52. The number of carbonyl (C=O) groups excluding carboxylic acids is 1. The molecule has 0 saturated heterocycles. The molecule has 4 heteroatoms. The summed E-state index contributed by atoms with van der Waals surface area (Å²) in [6.07, 6.45) is 1.84. The maximum absolute atomic E-state index is 11.5. The molecule has 2 aromatic heterocycles. The summed E-state index contributed by atoms with van der Waals surface area (Å²) in [5, 5.41) is 0. The lowest BCUT2D eigenvalue weighted by Gasteiger charge is -2.02. The molecule has 0 N–H and O–H groups in total. The van der Waals surface area contributed by atoms with Gasteiger partial charge in [0.05, 0.1) is 6.61 Å². The van der Waals surface area contributed by atoms with E-state index in [1.807, 2.05) is 28.8 Å². The Balaban J connectivity index is 2.49. The van der Waals surface area contributed by atoms with Crippen molar-refractivity contribution >= 4 is 27.4 Å². The third-order valence-corrected chi connectivity index (χ3v) is 2.60. The van der Waals surface area contributed by atoms with Gasteiger partial charge in [-0.25, -0.2) is 4.79 Å². The lowest BCUT2D eigenvalue weighted by atomic mass is 10.4. The van der Waals surface area contributed by atoms with Crippen LogP contribution in [0, 0.1) is 0 Å². The SMILES string of the molecule is CCOC(=O)c1ccc2cc(Br)ccn12. The molecule has 3 nitrogen and oxygen atoms in total. The van der Waals surface area contributed by atoms with Crippen LogP contribution in [0.3, 0.4) is 0 Å². The van der Waals surface area contributed by atoms with Crippen LogP contribution < -0.4 is 0 Å². The van der Waals surface area contributed by atoms with E-state index in [9.17, 15) is 4.79 Å². The Morgan fingerprint density at radius 3 is 3.00 bits per heavy atom. The zero-order valence-corrected chi connectivity index (χ0v) is 9.82. The van der Waals surface area contributed by atoms with Crippen molar-refractivity contribution in [1.29, 1.82) is 0 Å². The maximum atomic E-state index is 11.5. The van der Waals surface area contributed by atoms with Crippen molar-refractivity contribution < 1.29 is 9.53 Å². The molecule has 0 fully saturated rings. The molecule has 0 spiro atoms. The molecule has 2 heterocycles. The molecule has 0 amide bonds. The minimum Gasteiger partial charge on any atom is -0.461 e. The molecule has 0 radical (unpaired) electrons. The smallest absolute Gasteiger partial charge is 0.355 e. The van der Waals surface area contributed by atoms with E-state index in [4.69, 9.17) is 4.74 Å². The number of hydrogen-bond donors (Lipinski definition) is 0. The van der Waals surface area contributed by atoms with E-state index in [1.165, 1.54) is 0 Å². The second-order valence-corrected chi connectivity index (χ2v) is 3.99. The van der Waals surface area contributed by atoms with Crippen LogP contribution in [0.2, 0.25) is 0 Å². The van der Waals surface area contributed by atoms with E-state index in [-0.39, 0.29) is 5.97 Å². The molecule has 78 valence electrons. The third-order valence-electron chi connectivity index (χ3n) is 2.10. The Morgan fingerprint density at radius 1 is 1.47 bits per heavy atom. The average molecular weight is 268 g/mol. The highest BCUT2D eigenvalue weighted by molar-refractivity contribution is 9.10. The Hall–Kier alpha value is -1.29. The van der Waals surface area contributed by atoms with Gasteiger partial charge in [-0.3, -0.25) is 0 Å². The number of nitrogens with zero attached hydrogens (tertiary/aromatic N) is 1. The minimum atomic E-state index is -0.292. The van der Waals surface area contributed by atoms with Crippen LogP contribution in [0.15, 0.2) is 34.9 Å². The largest absolute Gasteiger partial charge is 0.461 e. The highest BCUT2D eigenvalue weighted by Crippen LogP contribution is 2.16. The summed E-state index contributed by atoms with van der Waals surface area (Å²) in [4.78, 5) is 11.5. The third kappa shape index (κ3) is 1.90. The van der Waals surface area contributed by atoms with E-state index in [1.54, 1.807) is 13.0 Å². The molecule has 15 heavy (non-hydrogen) atoms. The molecule has 0 bridgehead atoms. The second-order valence-electron chi connectivity index (χ2n) is 3.08. The van der Waals surface area contributed by atoms with Gasteiger partial charge in [-0.1, -0.05) is 15.9 Å². The van der Waals surface area contributed by atoms with Crippen LogP contribution in [-0.4, -0.2) is 17.0 Å². The van der Waals surface area contributed by atoms with Gasteiger partial charge < -0.3 is 9.14 Å². The first-order valence-corrected chi connectivity index (χ1v) is 5.45. The predicted octanol–water partition coefficient (Wildman–Crippen LogP) is 2.88. The molecule has 2 aromatic rings. The number of esters is 1. The Bertz CT molecular complexity index is 504. The standard InChI is InChI=1S/C11H10BrNO2/c1-2-15-11(14)10-4-3-9-7-8(12)5-6-13(9)10/h3-7H,2H2,1H3. The summed E-state index contributed by atoms with van der Waals surface area (Å²) in [6, 6.07) is 7.48. The van der Waals surface area contributed by atoms with Crippen LogP contribution >= 0.6 is 15.9 Å². The number of fused-ring (bicyclic) bond motifs is 1. The zero-order chi connectivity index (χ0) is 10.8. The fraction of sp³-hybridized carbons (Fsp3) is 0.182. The average Bonchev–Trinajstić information content (AvgIpc) is 2.60. The number of halogens is 1. The number of rotatable bonds is 2. The highest BCUT2D eigenvalue weighted by atomic mass is 79.9. The summed E-state index contributed by atoms with van der Waals surface area (Å²) in [7, 11) is 0. The number of pyridine rings is 1. The monoisotopic (exact) mass is 267 g/mol. The Kier molecular flexibility index (Phi) is 2.77. The molecule has 0 aliphatic heterocycles. The second kappa shape index (κ2) is 4.06. The Morgan fingerprint density at radius 2 is 2.27 bits per heavy atom. The van der Waals surface area contributed by atoms with E-state index < -0.39 is 0 Å². The van der Waals surface area contributed by atoms with Crippen molar-refractivity contribution in [3.05, 3.63) is 40.6 Å². The van der Waals surface area contributed by atoms with E-state index in [0.29, 0.717) is 12.3 Å². The minimum absolute atomic E-state index is 0.292. The van der Waals surface area contributed by atoms with Gasteiger partial charge in [0.2, 0.25) is 0 Å². The van der Waals surface area contributed by atoms with Gasteiger partial charge in [0.15, 0.2) is 0 Å². The van der Waals surface area contributed by atoms with Gasteiger partial charge in [-0.15, -0.1) is 0 Å². The summed E-state index contributed by atoms with van der Waals surface area (Å²) in [6.45, 7) is 2.19. The van der Waals surface area contributed by atoms with Gasteiger partial charge in [-0.2, -0.15) is 0 Å². The van der Waals surface area contributed by atoms with Crippen molar-refractivity contribution in [2.75, 3.05) is 6.61 Å². The normalized spacial score (nSPS) is 10.5. The van der Waals surface area contributed by atoms with Crippen molar-refractivity contribution in [2.45, 2.75) is 6.92 Å². The molecule has 0 aliphatic carbocycles. The summed E-state index contributed by atoms with van der Waals surface area (Å²) < 4.78 is 7.75. The molecular formula is C11H10BrNO2. The number of ether oxygens (including phenoxy) is 1. The molecule has 0 aromatic carbocycles. The first-order valence-electron chi connectivity index (χ1n) is 4.66. The van der Waals surface area contributed by atoms with Crippen molar-refractivity contribution in [2.24, 2.45) is 0 Å². The van der Waals surface area contributed by atoms with Gasteiger partial charge in [-0.05, 0) is 31.2 Å². The maximum Gasteiger partial charge on any atom is 0.355 e. The molecule has 0 atom stereocenters. The fourth-order valence-electron chi connectivity index (χ4n) is 1.45. The zero-order valence-electron chi connectivity index (χ0n) is 8.24. The van der Waals surface area contributed by atoms with Gasteiger partial charge >= 0.3 is 5.97 Å². The van der Waals surface area contributed by atoms with Crippen molar-refractivity contribution in [1.82, 2.24) is 4.40 Å². The van der Waals surface area contributed by atoms with Crippen LogP contribution in [-0.2, 0) is 4.74 Å². The van der Waals surface area contributed by atoms with Gasteiger partial charge in [0.25, 0.3) is 0 Å². The lowest BCUT2D eigenvalue weighted by molar-refractivity contribution is 0.0518. The molecular weight excluding hydrogens is 258 g/mol. The van der Waals surface area contributed by atoms with Crippen LogP contribution in [0.4, 0.5) is 0 Å². The van der Waals surface area contributed by atoms with Crippen molar-refractivity contribution in [3.8, 4) is 0 Å². The summed E-state index contributed by atoms with van der Waals surface area (Å²) >= 11 is 3.38. The first-order chi connectivity index (χ1) is 7.22. The van der Waals surface area contributed by atoms with Crippen LogP contribution in [0.5, 0.6) is 0 Å². The molecule has 2 rings (SSSR count). The summed E-state index contributed by atoms with van der Waals surface area (Å²) in [5.74, 6) is -0.292. The van der Waals surface area contributed by atoms with Gasteiger partial charge in [0.1, 0.15) is 5.69 Å². The van der Waals surface area contributed by atoms with E-state index in [2.05, 4.69) is 15.9 Å². The number of carbonyl (C=O) groups is 1. The Labute approximate surface area is 95.8 Å². The van der Waals surface area contributed by atoms with Crippen LogP contribution in [0.1, 0.15) is 17.4 Å². The van der Waals surface area contributed by atoms with Gasteiger partial charge in [0, 0.05) is 16.2 Å². The number of hydrogen-bond acceptors (Lipinski definition) is 2.